The summed E-state index contributed by atoms with van der Waals surface area (Å²) in [6, 6.07) is 4.10. The van der Waals surface area contributed by atoms with Crippen LogP contribution in [0, 0.1) is 12.8 Å². The maximum atomic E-state index is 12.2. The van der Waals surface area contributed by atoms with Crippen molar-refractivity contribution >= 4 is 15.7 Å². The lowest BCUT2D eigenvalue weighted by Gasteiger charge is -2.20. The van der Waals surface area contributed by atoms with Crippen LogP contribution in [-0.2, 0) is 9.84 Å². The largest absolute Gasteiger partial charge is 0.394 e. The number of amides is 1. The quantitative estimate of drug-likeness (QED) is 0.854. The molecule has 1 atom stereocenters. The van der Waals surface area contributed by atoms with Crippen molar-refractivity contribution in [3.8, 4) is 0 Å². The van der Waals surface area contributed by atoms with Crippen LogP contribution in [0.4, 0.5) is 0 Å². The van der Waals surface area contributed by atoms with E-state index >= 15 is 0 Å². The summed E-state index contributed by atoms with van der Waals surface area (Å²) >= 11 is 0. The zero-order valence-electron chi connectivity index (χ0n) is 12.2. The fourth-order valence-corrected chi connectivity index (χ4v) is 2.39. The number of sulfone groups is 1. The minimum Gasteiger partial charge on any atom is -0.394 e. The molecule has 0 fully saturated rings. The van der Waals surface area contributed by atoms with Crippen LogP contribution >= 0.6 is 0 Å². The molecular weight excluding hydrogens is 278 g/mol. The van der Waals surface area contributed by atoms with Crippen LogP contribution in [0.15, 0.2) is 23.1 Å². The van der Waals surface area contributed by atoms with E-state index in [-0.39, 0.29) is 29.4 Å². The lowest BCUT2D eigenvalue weighted by atomic mass is 10.0. The Morgan fingerprint density at radius 2 is 1.95 bits per heavy atom. The standard InChI is InChI=1S/C14H21NO4S/c1-9(2)13(8-16)15-14(17)12-7-11(20(4,18)19)6-5-10(12)3/h5-7,9,13,16H,8H2,1-4H3,(H,15,17). The number of benzene rings is 1. The Balaban J connectivity index is 3.10. The zero-order chi connectivity index (χ0) is 15.5. The third-order valence-electron chi connectivity index (χ3n) is 3.20. The lowest BCUT2D eigenvalue weighted by molar-refractivity contribution is 0.0896. The van der Waals surface area contributed by atoms with Crippen molar-refractivity contribution in [1.82, 2.24) is 5.32 Å². The van der Waals surface area contributed by atoms with E-state index in [1.54, 1.807) is 13.0 Å². The molecule has 6 heteroatoms. The first-order valence-corrected chi connectivity index (χ1v) is 8.28. The topological polar surface area (TPSA) is 83.5 Å². The molecule has 0 radical (unpaired) electrons. The van der Waals surface area contributed by atoms with Crippen LogP contribution in [0.2, 0.25) is 0 Å². The smallest absolute Gasteiger partial charge is 0.251 e. The molecular formula is C14H21NO4S. The van der Waals surface area contributed by atoms with E-state index in [1.165, 1.54) is 12.1 Å². The van der Waals surface area contributed by atoms with E-state index in [1.807, 2.05) is 13.8 Å². The molecule has 0 spiro atoms. The molecule has 2 N–H and O–H groups in total. The van der Waals surface area contributed by atoms with Crippen LogP contribution in [0.5, 0.6) is 0 Å². The van der Waals surface area contributed by atoms with Gasteiger partial charge in [0.1, 0.15) is 0 Å². The van der Waals surface area contributed by atoms with Crippen molar-refractivity contribution in [1.29, 1.82) is 0 Å². The van der Waals surface area contributed by atoms with Crippen LogP contribution in [0.25, 0.3) is 0 Å². The molecule has 20 heavy (non-hydrogen) atoms. The van der Waals surface area contributed by atoms with Crippen molar-refractivity contribution in [3.05, 3.63) is 29.3 Å². The van der Waals surface area contributed by atoms with Crippen LogP contribution < -0.4 is 5.32 Å². The molecule has 0 heterocycles. The molecule has 0 saturated carbocycles. The van der Waals surface area contributed by atoms with E-state index in [9.17, 15) is 18.3 Å². The van der Waals surface area contributed by atoms with Gasteiger partial charge in [0.2, 0.25) is 0 Å². The lowest BCUT2D eigenvalue weighted by Crippen LogP contribution is -2.41. The Labute approximate surface area is 119 Å². The normalized spacial score (nSPS) is 13.3. The Morgan fingerprint density at radius 3 is 2.40 bits per heavy atom. The van der Waals surface area contributed by atoms with Gasteiger partial charge in [-0.25, -0.2) is 8.42 Å². The first-order chi connectivity index (χ1) is 9.16. The second-order valence-corrected chi connectivity index (χ2v) is 7.27. The van der Waals surface area contributed by atoms with Gasteiger partial charge in [0.15, 0.2) is 9.84 Å². The molecule has 0 saturated heterocycles. The molecule has 0 aliphatic carbocycles. The van der Waals surface area contributed by atoms with Crippen molar-refractivity contribution in [2.45, 2.75) is 31.7 Å². The summed E-state index contributed by atoms with van der Waals surface area (Å²) in [7, 11) is -3.36. The van der Waals surface area contributed by atoms with Crippen molar-refractivity contribution in [3.63, 3.8) is 0 Å². The highest BCUT2D eigenvalue weighted by Crippen LogP contribution is 2.16. The molecule has 1 amide bonds. The highest BCUT2D eigenvalue weighted by atomic mass is 32.2. The van der Waals surface area contributed by atoms with E-state index in [2.05, 4.69) is 5.32 Å². The summed E-state index contributed by atoms with van der Waals surface area (Å²) in [6.45, 7) is 5.36. The number of carbonyl (C=O) groups is 1. The van der Waals surface area contributed by atoms with Crippen molar-refractivity contribution < 1.29 is 18.3 Å². The van der Waals surface area contributed by atoms with Gasteiger partial charge in [0.05, 0.1) is 17.5 Å². The molecule has 5 nitrogen and oxygen atoms in total. The molecule has 0 aromatic heterocycles. The van der Waals surface area contributed by atoms with Crippen LogP contribution in [0.3, 0.4) is 0 Å². The predicted molar refractivity (Wildman–Crippen MR) is 77.5 cm³/mol. The molecule has 0 aliphatic heterocycles. The second kappa shape index (κ2) is 6.37. The summed E-state index contributed by atoms with van der Waals surface area (Å²) < 4.78 is 23.1. The average molecular weight is 299 g/mol. The first-order valence-electron chi connectivity index (χ1n) is 6.39. The van der Waals surface area contributed by atoms with Crippen LogP contribution in [0.1, 0.15) is 29.8 Å². The predicted octanol–water partition coefficient (Wildman–Crippen LogP) is 1.15. The number of carbonyl (C=O) groups excluding carboxylic acids is 1. The summed E-state index contributed by atoms with van der Waals surface area (Å²) in [4.78, 5) is 12.3. The Kier molecular flexibility index (Phi) is 5.30. The maximum absolute atomic E-state index is 12.2. The highest BCUT2D eigenvalue weighted by Gasteiger charge is 2.19. The molecule has 1 rings (SSSR count). The zero-order valence-corrected chi connectivity index (χ0v) is 13.0. The van der Waals surface area contributed by atoms with Gasteiger partial charge in [-0.3, -0.25) is 4.79 Å². The van der Waals surface area contributed by atoms with Gasteiger partial charge < -0.3 is 10.4 Å². The monoisotopic (exact) mass is 299 g/mol. The molecule has 0 aliphatic rings. The Hall–Kier alpha value is -1.40. The number of nitrogens with one attached hydrogen (secondary N) is 1. The number of hydrogen-bond acceptors (Lipinski definition) is 4. The van der Waals surface area contributed by atoms with Crippen LogP contribution in [-0.4, -0.2) is 38.3 Å². The van der Waals surface area contributed by atoms with E-state index < -0.39 is 9.84 Å². The van der Waals surface area contributed by atoms with Gasteiger partial charge in [0.25, 0.3) is 5.91 Å². The minimum atomic E-state index is -3.36. The van der Waals surface area contributed by atoms with E-state index in [0.717, 1.165) is 6.26 Å². The Bertz CT molecular complexity index is 593. The number of rotatable bonds is 5. The second-order valence-electron chi connectivity index (χ2n) is 5.26. The fraction of sp³-hybridized carbons (Fsp3) is 0.500. The maximum Gasteiger partial charge on any atom is 0.251 e. The van der Waals surface area contributed by atoms with Gasteiger partial charge in [-0.05, 0) is 30.5 Å². The number of aliphatic hydroxyl groups is 1. The molecule has 1 aromatic rings. The van der Waals surface area contributed by atoms with Gasteiger partial charge in [-0.1, -0.05) is 19.9 Å². The Morgan fingerprint density at radius 1 is 1.35 bits per heavy atom. The number of aliphatic hydroxyl groups excluding tert-OH is 1. The first kappa shape index (κ1) is 16.7. The summed E-state index contributed by atoms with van der Waals surface area (Å²) in [5, 5.41) is 12.0. The van der Waals surface area contributed by atoms with Gasteiger partial charge in [-0.2, -0.15) is 0 Å². The van der Waals surface area contributed by atoms with Crippen molar-refractivity contribution in [2.24, 2.45) is 5.92 Å². The average Bonchev–Trinajstić information content (AvgIpc) is 2.34. The molecule has 112 valence electrons. The van der Waals surface area contributed by atoms with Gasteiger partial charge in [-0.15, -0.1) is 0 Å². The highest BCUT2D eigenvalue weighted by molar-refractivity contribution is 7.90. The van der Waals surface area contributed by atoms with Crippen molar-refractivity contribution in [2.75, 3.05) is 12.9 Å². The summed E-state index contributed by atoms with van der Waals surface area (Å²) in [5.74, 6) is -0.289. The third kappa shape index (κ3) is 4.05. The number of aryl methyl sites for hydroxylation is 1. The van der Waals surface area contributed by atoms with Gasteiger partial charge >= 0.3 is 0 Å². The third-order valence-corrected chi connectivity index (χ3v) is 4.31. The van der Waals surface area contributed by atoms with E-state index in [4.69, 9.17) is 0 Å². The summed E-state index contributed by atoms with van der Waals surface area (Å²) in [6.07, 6.45) is 1.10. The summed E-state index contributed by atoms with van der Waals surface area (Å²) in [5.41, 5.74) is 1.00. The molecule has 1 unspecified atom stereocenters. The molecule has 0 bridgehead atoms. The number of hydrogen-bond donors (Lipinski definition) is 2. The SMILES string of the molecule is Cc1ccc(S(C)(=O)=O)cc1C(=O)NC(CO)C(C)C. The van der Waals surface area contributed by atoms with E-state index in [0.29, 0.717) is 11.1 Å². The minimum absolute atomic E-state index is 0.0855. The van der Waals surface area contributed by atoms with Gasteiger partial charge in [0, 0.05) is 11.8 Å². The molecule has 1 aromatic carbocycles. The fourth-order valence-electron chi connectivity index (χ4n) is 1.75.